The number of alkyl halides is 3. The quantitative estimate of drug-likeness (QED) is 0.342. The minimum atomic E-state index is -4.00. The summed E-state index contributed by atoms with van der Waals surface area (Å²) in [5, 5.41) is 3.53. The van der Waals surface area contributed by atoms with Crippen molar-refractivity contribution in [1.82, 2.24) is 10.2 Å². The van der Waals surface area contributed by atoms with Crippen LogP contribution in [0, 0.1) is 5.92 Å². The highest BCUT2D eigenvalue weighted by molar-refractivity contribution is 5.30. The summed E-state index contributed by atoms with van der Waals surface area (Å²) in [7, 11) is 0. The summed E-state index contributed by atoms with van der Waals surface area (Å²) in [6.45, 7) is 24.8. The van der Waals surface area contributed by atoms with E-state index in [1.54, 1.807) is 11.1 Å². The molecule has 0 saturated carbocycles. The van der Waals surface area contributed by atoms with Crippen LogP contribution in [0.4, 0.5) is 13.2 Å². The van der Waals surface area contributed by atoms with E-state index in [1.807, 2.05) is 0 Å². The number of nitrogens with one attached hydrogen (secondary N) is 1. The lowest BCUT2D eigenvalue weighted by molar-refractivity contribution is -0.110. The van der Waals surface area contributed by atoms with Crippen LogP contribution in [0.1, 0.15) is 82.6 Å². The van der Waals surface area contributed by atoms with Crippen LogP contribution in [0.5, 0.6) is 0 Å². The van der Waals surface area contributed by atoms with E-state index in [1.165, 1.54) is 42.5 Å². The van der Waals surface area contributed by atoms with E-state index in [2.05, 4.69) is 113 Å². The molecule has 1 aliphatic heterocycles. The summed E-state index contributed by atoms with van der Waals surface area (Å²) in [6, 6.07) is 18.4. The normalized spacial score (nSPS) is 17.9. The molecule has 1 fully saturated rings. The lowest BCUT2D eigenvalue weighted by Gasteiger charge is -2.47. The Morgan fingerprint density at radius 1 is 0.900 bits per heavy atom. The van der Waals surface area contributed by atoms with Crippen molar-refractivity contribution in [2.45, 2.75) is 104 Å². The van der Waals surface area contributed by atoms with Crippen LogP contribution in [0.15, 0.2) is 86.2 Å². The number of hydrogen-bond acceptors (Lipinski definition) is 2. The van der Waals surface area contributed by atoms with Gasteiger partial charge in [0.25, 0.3) is 0 Å². The highest BCUT2D eigenvalue weighted by atomic mass is 19.4. The molecular formula is C35H51F3N2. The minimum absolute atomic E-state index is 0.188. The number of piperazine rings is 1. The summed E-state index contributed by atoms with van der Waals surface area (Å²) >= 11 is 0. The number of benzene rings is 2. The summed E-state index contributed by atoms with van der Waals surface area (Å²) in [6.07, 6.45) is 4.64. The summed E-state index contributed by atoms with van der Waals surface area (Å²) in [5.41, 5.74) is 8.24. The fraction of sp³-hybridized carbons (Fsp3) is 0.486. The van der Waals surface area contributed by atoms with Crippen LogP contribution in [-0.2, 0) is 25.8 Å². The Balaban J connectivity index is 0.000000405. The predicted octanol–water partition coefficient (Wildman–Crippen LogP) is 9.81. The maximum absolute atomic E-state index is 10.4. The molecule has 0 radical (unpaired) electrons. The summed E-state index contributed by atoms with van der Waals surface area (Å²) in [4.78, 5) is 2.48. The van der Waals surface area contributed by atoms with Gasteiger partial charge in [-0.25, -0.2) is 0 Å². The molecule has 40 heavy (non-hydrogen) atoms. The number of nitrogens with zero attached hydrogens (tertiary/aromatic N) is 1. The molecule has 5 heteroatoms. The maximum Gasteiger partial charge on any atom is 0.386 e. The van der Waals surface area contributed by atoms with Crippen LogP contribution in [0.2, 0.25) is 0 Å². The largest absolute Gasteiger partial charge is 0.386 e. The Morgan fingerprint density at radius 2 is 1.38 bits per heavy atom. The van der Waals surface area contributed by atoms with Crippen LogP contribution < -0.4 is 5.32 Å². The van der Waals surface area contributed by atoms with E-state index in [0.29, 0.717) is 12.0 Å². The van der Waals surface area contributed by atoms with E-state index in [9.17, 15) is 13.2 Å². The SMILES string of the molecule is C=C.C=C1NC(C)C(=C)N(Cc2ccc(CCC)cc2)[C@@H]1C(CC)CC.CC(F)(F)F.c1ccc2c(c1)CCC2. The zero-order valence-corrected chi connectivity index (χ0v) is 25.4. The molecule has 222 valence electrons. The third-order valence-electron chi connectivity index (χ3n) is 7.38. The molecule has 0 aromatic heterocycles. The fourth-order valence-corrected chi connectivity index (χ4v) is 5.35. The average Bonchev–Trinajstić information content (AvgIpc) is 3.40. The van der Waals surface area contributed by atoms with Crippen LogP contribution >= 0.6 is 0 Å². The summed E-state index contributed by atoms with van der Waals surface area (Å²) in [5.74, 6) is 0.605. The van der Waals surface area contributed by atoms with Crippen molar-refractivity contribution in [2.75, 3.05) is 0 Å². The van der Waals surface area contributed by atoms with Crippen molar-refractivity contribution in [2.24, 2.45) is 5.92 Å². The van der Waals surface area contributed by atoms with Crippen LogP contribution in [0.3, 0.4) is 0 Å². The second-order valence-corrected chi connectivity index (χ2v) is 10.5. The van der Waals surface area contributed by atoms with Crippen LogP contribution in [0.25, 0.3) is 0 Å². The van der Waals surface area contributed by atoms with E-state index in [4.69, 9.17) is 0 Å². The first kappa shape index (κ1) is 35.1. The molecule has 2 nitrogen and oxygen atoms in total. The Hall–Kier alpha value is -2.95. The summed E-state index contributed by atoms with van der Waals surface area (Å²) < 4.78 is 31.1. The third kappa shape index (κ3) is 11.7. The van der Waals surface area contributed by atoms with Gasteiger partial charge in [-0.1, -0.05) is 102 Å². The molecule has 2 atom stereocenters. The molecule has 4 rings (SSSR count). The predicted molar refractivity (Wildman–Crippen MR) is 166 cm³/mol. The number of aryl methyl sites for hydroxylation is 3. The lowest BCUT2D eigenvalue weighted by atomic mass is 9.87. The van der Waals surface area contributed by atoms with E-state index >= 15 is 0 Å². The van der Waals surface area contributed by atoms with E-state index in [0.717, 1.165) is 31.5 Å². The molecule has 0 amide bonds. The number of hydrogen-bond donors (Lipinski definition) is 1. The zero-order valence-electron chi connectivity index (χ0n) is 25.4. The van der Waals surface area contributed by atoms with Gasteiger partial charge in [-0.3, -0.25) is 0 Å². The van der Waals surface area contributed by atoms with Gasteiger partial charge in [-0.15, -0.1) is 13.2 Å². The molecular weight excluding hydrogens is 505 g/mol. The Bertz CT molecular complexity index is 993. The molecule has 1 heterocycles. The fourth-order valence-electron chi connectivity index (χ4n) is 5.35. The highest BCUT2D eigenvalue weighted by Gasteiger charge is 2.35. The first-order chi connectivity index (χ1) is 19.0. The maximum atomic E-state index is 10.4. The van der Waals surface area contributed by atoms with Crippen molar-refractivity contribution < 1.29 is 13.2 Å². The van der Waals surface area contributed by atoms with Gasteiger partial charge in [0, 0.05) is 24.9 Å². The number of fused-ring (bicyclic) bond motifs is 1. The van der Waals surface area contributed by atoms with E-state index < -0.39 is 6.18 Å². The molecule has 1 aliphatic carbocycles. The van der Waals surface area contributed by atoms with Gasteiger partial charge in [0.1, 0.15) is 0 Å². The first-order valence-corrected chi connectivity index (χ1v) is 14.6. The first-order valence-electron chi connectivity index (χ1n) is 14.6. The van der Waals surface area contributed by atoms with Gasteiger partial charge in [-0.05, 0) is 60.8 Å². The second-order valence-electron chi connectivity index (χ2n) is 10.5. The Morgan fingerprint density at radius 3 is 1.82 bits per heavy atom. The standard InChI is InChI=1S/C22H34N2.C9H10.C2H3F3.C2H4/c1-7-10-19-11-13-20(14-12-19)15-24-18(6)16(4)23-17(5)22(24)21(8-2)9-3;1-2-5-9-7-3-6-8(9)4-1;1-2(3,4)5;1-2/h11-14,16,21-23H,5-10,15H2,1-4H3;1-2,4-5H,3,6-7H2;1H3;1-2H2/t16?,22-;;;/m0.../s1. The Labute approximate surface area is 242 Å². The molecule has 2 aromatic rings. The molecule has 0 bridgehead atoms. The van der Waals surface area contributed by atoms with Crippen LogP contribution in [-0.4, -0.2) is 23.2 Å². The molecule has 2 aromatic carbocycles. The minimum Gasteiger partial charge on any atom is -0.379 e. The highest BCUT2D eigenvalue weighted by Crippen LogP contribution is 2.32. The van der Waals surface area contributed by atoms with Gasteiger partial charge in [0.15, 0.2) is 0 Å². The van der Waals surface area contributed by atoms with Crippen molar-refractivity contribution >= 4 is 0 Å². The lowest BCUT2D eigenvalue weighted by Crippen LogP contribution is -2.53. The molecule has 2 aliphatic rings. The van der Waals surface area contributed by atoms with Crippen molar-refractivity contribution in [1.29, 1.82) is 0 Å². The zero-order chi connectivity index (χ0) is 30.3. The molecule has 1 saturated heterocycles. The molecule has 0 spiro atoms. The topological polar surface area (TPSA) is 15.3 Å². The number of halogens is 3. The van der Waals surface area contributed by atoms with Crippen molar-refractivity contribution in [3.8, 4) is 0 Å². The monoisotopic (exact) mass is 556 g/mol. The van der Waals surface area contributed by atoms with Gasteiger partial charge in [0.05, 0.1) is 12.1 Å². The third-order valence-corrected chi connectivity index (χ3v) is 7.38. The number of rotatable bonds is 7. The van der Waals surface area contributed by atoms with Crippen molar-refractivity contribution in [3.05, 3.63) is 108 Å². The second kappa shape index (κ2) is 17.7. The molecule has 1 unspecified atom stereocenters. The average molecular weight is 557 g/mol. The Kier molecular flexibility index (Phi) is 15.5. The van der Waals surface area contributed by atoms with Gasteiger partial charge >= 0.3 is 6.18 Å². The van der Waals surface area contributed by atoms with Gasteiger partial charge < -0.3 is 10.2 Å². The smallest absolute Gasteiger partial charge is 0.379 e. The van der Waals surface area contributed by atoms with E-state index in [-0.39, 0.29) is 13.0 Å². The van der Waals surface area contributed by atoms with Gasteiger partial charge in [0.2, 0.25) is 0 Å². The van der Waals surface area contributed by atoms with Crippen molar-refractivity contribution in [3.63, 3.8) is 0 Å². The van der Waals surface area contributed by atoms with Gasteiger partial charge in [-0.2, -0.15) is 13.2 Å². The molecule has 1 N–H and O–H groups in total.